The minimum absolute atomic E-state index is 0.0132. The molecule has 160 valence electrons. The van der Waals surface area contributed by atoms with Gasteiger partial charge in [0, 0.05) is 25.0 Å². The Morgan fingerprint density at radius 1 is 0.969 bits per heavy atom. The minimum Gasteiger partial charge on any atom is -0.368 e. The number of halogens is 2. The second kappa shape index (κ2) is 7.65. The summed E-state index contributed by atoms with van der Waals surface area (Å²) in [5.41, 5.74) is 15.9. The van der Waals surface area contributed by atoms with E-state index in [2.05, 4.69) is 9.97 Å². The van der Waals surface area contributed by atoms with Crippen LogP contribution >= 0.6 is 0 Å². The number of nitrogens with two attached hydrogens (primary N) is 2. The number of fused-ring (bicyclic) bond motifs is 2. The Labute approximate surface area is 182 Å². The smallest absolute Gasteiger partial charge is 0.273 e. The van der Waals surface area contributed by atoms with E-state index in [0.29, 0.717) is 40.7 Å². The van der Waals surface area contributed by atoms with Crippen LogP contribution in [-0.4, -0.2) is 20.8 Å². The lowest BCUT2D eigenvalue weighted by Gasteiger charge is -2.17. The van der Waals surface area contributed by atoms with Crippen LogP contribution in [0.15, 0.2) is 54.6 Å². The molecule has 1 aliphatic heterocycles. The number of rotatable bonds is 3. The highest BCUT2D eigenvalue weighted by Crippen LogP contribution is 2.31. The molecule has 1 aromatic heterocycles. The third-order valence-corrected chi connectivity index (χ3v) is 5.72. The van der Waals surface area contributed by atoms with Crippen molar-refractivity contribution in [2.75, 3.05) is 5.73 Å². The molecule has 0 radical (unpaired) electrons. The fraction of sp³-hybridized carbons (Fsp3) is 0.125. The van der Waals surface area contributed by atoms with Crippen LogP contribution in [0.5, 0.6) is 0 Å². The zero-order chi connectivity index (χ0) is 22.4. The highest BCUT2D eigenvalue weighted by Gasteiger charge is 2.27. The zero-order valence-electron chi connectivity index (χ0n) is 17.0. The first-order valence-electron chi connectivity index (χ1n) is 10.1. The Kier molecular flexibility index (Phi) is 4.79. The quantitative estimate of drug-likeness (QED) is 0.515. The Morgan fingerprint density at radius 2 is 1.66 bits per heavy atom. The SMILES string of the molecule is NCc1cc(F)c(F)cc1-c1ccc2nc(N)nc(C(=O)N3Cc4ccccc4C3)c2c1. The third-order valence-electron chi connectivity index (χ3n) is 5.72. The summed E-state index contributed by atoms with van der Waals surface area (Å²) < 4.78 is 27.7. The first kappa shape index (κ1) is 20.0. The molecule has 1 aliphatic rings. The summed E-state index contributed by atoms with van der Waals surface area (Å²) in [6, 6.07) is 15.1. The van der Waals surface area contributed by atoms with E-state index in [-0.39, 0.29) is 24.1 Å². The summed E-state index contributed by atoms with van der Waals surface area (Å²) in [5.74, 6) is -2.23. The molecule has 0 unspecified atom stereocenters. The summed E-state index contributed by atoms with van der Waals surface area (Å²) in [6.07, 6.45) is 0. The van der Waals surface area contributed by atoms with Gasteiger partial charge in [-0.05, 0) is 52.1 Å². The maximum atomic E-state index is 14.0. The van der Waals surface area contributed by atoms with Crippen LogP contribution in [0.1, 0.15) is 27.2 Å². The van der Waals surface area contributed by atoms with Crippen LogP contribution in [0, 0.1) is 11.6 Å². The van der Waals surface area contributed by atoms with Gasteiger partial charge in [-0.1, -0.05) is 30.3 Å². The molecule has 0 fully saturated rings. The third kappa shape index (κ3) is 3.34. The number of anilines is 1. The van der Waals surface area contributed by atoms with Gasteiger partial charge in [-0.15, -0.1) is 0 Å². The van der Waals surface area contributed by atoms with Crippen LogP contribution in [0.3, 0.4) is 0 Å². The van der Waals surface area contributed by atoms with Gasteiger partial charge >= 0.3 is 0 Å². The molecule has 4 N–H and O–H groups in total. The number of carbonyl (C=O) groups excluding carboxylic acids is 1. The van der Waals surface area contributed by atoms with Crippen molar-refractivity contribution >= 4 is 22.8 Å². The minimum atomic E-state index is -0.975. The van der Waals surface area contributed by atoms with E-state index >= 15 is 0 Å². The molecule has 6 nitrogen and oxygen atoms in total. The van der Waals surface area contributed by atoms with Crippen molar-refractivity contribution < 1.29 is 13.6 Å². The average molecular weight is 431 g/mol. The van der Waals surface area contributed by atoms with Crippen LogP contribution < -0.4 is 11.5 Å². The first-order chi connectivity index (χ1) is 15.4. The second-order valence-corrected chi connectivity index (χ2v) is 7.72. The maximum absolute atomic E-state index is 14.0. The molecule has 2 heterocycles. The monoisotopic (exact) mass is 431 g/mol. The van der Waals surface area contributed by atoms with Gasteiger partial charge in [0.15, 0.2) is 11.6 Å². The Balaban J connectivity index is 1.62. The van der Waals surface area contributed by atoms with Crippen LogP contribution in [0.2, 0.25) is 0 Å². The molecular formula is C24H19F2N5O. The lowest BCUT2D eigenvalue weighted by atomic mass is 9.97. The highest BCUT2D eigenvalue weighted by molar-refractivity contribution is 6.06. The van der Waals surface area contributed by atoms with E-state index in [9.17, 15) is 13.6 Å². The van der Waals surface area contributed by atoms with Gasteiger partial charge in [-0.25, -0.2) is 18.7 Å². The van der Waals surface area contributed by atoms with Crippen molar-refractivity contribution in [3.8, 4) is 11.1 Å². The van der Waals surface area contributed by atoms with Gasteiger partial charge in [0.2, 0.25) is 5.95 Å². The van der Waals surface area contributed by atoms with Gasteiger partial charge in [0.1, 0.15) is 5.69 Å². The molecule has 3 aromatic carbocycles. The number of aromatic nitrogens is 2. The predicted molar refractivity (Wildman–Crippen MR) is 117 cm³/mol. The van der Waals surface area contributed by atoms with Gasteiger partial charge in [0.25, 0.3) is 5.91 Å². The van der Waals surface area contributed by atoms with E-state index in [0.717, 1.165) is 23.3 Å². The summed E-state index contributed by atoms with van der Waals surface area (Å²) in [5, 5.41) is 0.477. The molecule has 0 saturated heterocycles. The van der Waals surface area contributed by atoms with Crippen LogP contribution in [0.4, 0.5) is 14.7 Å². The average Bonchev–Trinajstić information content (AvgIpc) is 3.23. The highest BCUT2D eigenvalue weighted by atomic mass is 19.2. The molecule has 8 heteroatoms. The van der Waals surface area contributed by atoms with Crippen molar-refractivity contribution in [2.45, 2.75) is 19.6 Å². The van der Waals surface area contributed by atoms with Crippen molar-refractivity contribution in [3.63, 3.8) is 0 Å². The number of amides is 1. The van der Waals surface area contributed by atoms with Crippen molar-refractivity contribution in [1.82, 2.24) is 14.9 Å². The van der Waals surface area contributed by atoms with Crippen LogP contribution in [0.25, 0.3) is 22.0 Å². The summed E-state index contributed by atoms with van der Waals surface area (Å²) in [7, 11) is 0. The molecule has 0 aliphatic carbocycles. The lowest BCUT2D eigenvalue weighted by Crippen LogP contribution is -2.27. The number of hydrogen-bond donors (Lipinski definition) is 2. The van der Waals surface area contributed by atoms with Gasteiger partial charge in [0.05, 0.1) is 5.52 Å². The van der Waals surface area contributed by atoms with Crippen molar-refractivity contribution in [3.05, 3.63) is 88.6 Å². The van der Waals surface area contributed by atoms with E-state index in [1.807, 2.05) is 24.3 Å². The molecule has 4 aromatic rings. The molecule has 0 spiro atoms. The molecule has 5 rings (SSSR count). The molecule has 0 saturated carbocycles. The van der Waals surface area contributed by atoms with Gasteiger partial charge in [-0.3, -0.25) is 4.79 Å². The van der Waals surface area contributed by atoms with Gasteiger partial charge < -0.3 is 16.4 Å². The topological polar surface area (TPSA) is 98.1 Å². The Bertz CT molecular complexity index is 1360. The van der Waals surface area contributed by atoms with E-state index in [1.54, 1.807) is 23.1 Å². The fourth-order valence-corrected chi connectivity index (χ4v) is 4.13. The summed E-state index contributed by atoms with van der Waals surface area (Å²) >= 11 is 0. The van der Waals surface area contributed by atoms with E-state index in [1.165, 1.54) is 0 Å². The second-order valence-electron chi connectivity index (χ2n) is 7.72. The van der Waals surface area contributed by atoms with Crippen molar-refractivity contribution in [1.29, 1.82) is 0 Å². The Morgan fingerprint density at radius 3 is 2.34 bits per heavy atom. The molecule has 32 heavy (non-hydrogen) atoms. The van der Waals surface area contributed by atoms with Crippen molar-refractivity contribution in [2.24, 2.45) is 5.73 Å². The number of benzene rings is 3. The standard InChI is InChI=1S/C24H19F2N5O/c25-19-8-16(10-27)17(9-20(19)26)13-5-6-21-18(7-13)22(30-24(28)29-21)23(32)31-11-14-3-1-2-4-15(14)12-31/h1-9H,10-12,27H2,(H2,28,29,30). The Hall–Kier alpha value is -3.91. The van der Waals surface area contributed by atoms with Crippen LogP contribution in [-0.2, 0) is 19.6 Å². The van der Waals surface area contributed by atoms with E-state index in [4.69, 9.17) is 11.5 Å². The molecular weight excluding hydrogens is 412 g/mol. The lowest BCUT2D eigenvalue weighted by molar-refractivity contribution is 0.0747. The zero-order valence-corrected chi connectivity index (χ0v) is 17.0. The maximum Gasteiger partial charge on any atom is 0.273 e. The largest absolute Gasteiger partial charge is 0.368 e. The number of nitrogen functional groups attached to an aromatic ring is 1. The fourth-order valence-electron chi connectivity index (χ4n) is 4.13. The summed E-state index contributed by atoms with van der Waals surface area (Å²) in [4.78, 5) is 23.6. The van der Waals surface area contributed by atoms with Gasteiger partial charge in [-0.2, -0.15) is 0 Å². The number of nitrogens with zero attached hydrogens (tertiary/aromatic N) is 3. The normalized spacial score (nSPS) is 12.9. The van der Waals surface area contributed by atoms with E-state index < -0.39 is 11.6 Å². The predicted octanol–water partition coefficient (Wildman–Crippen LogP) is 3.77. The summed E-state index contributed by atoms with van der Waals surface area (Å²) in [6.45, 7) is 0.974. The first-order valence-corrected chi connectivity index (χ1v) is 10.1. The molecule has 1 amide bonds. The number of carbonyl (C=O) groups is 1. The number of hydrogen-bond acceptors (Lipinski definition) is 5. The molecule has 0 atom stereocenters. The molecule has 0 bridgehead atoms.